The van der Waals surface area contributed by atoms with Crippen molar-refractivity contribution in [1.82, 2.24) is 19.8 Å². The van der Waals surface area contributed by atoms with Gasteiger partial charge in [0.15, 0.2) is 5.65 Å². The lowest BCUT2D eigenvalue weighted by atomic mass is 10.2. The van der Waals surface area contributed by atoms with Crippen LogP contribution in [0.5, 0.6) is 0 Å². The number of hydrogen-bond acceptors (Lipinski definition) is 4. The number of anilines is 1. The van der Waals surface area contributed by atoms with Gasteiger partial charge in [-0.2, -0.15) is 17.7 Å². The quantitative estimate of drug-likeness (QED) is 0.732. The number of aromatic nitrogens is 4. The molecular formula is C14H11ClF3N5. The normalized spacial score (nSPS) is 11.9. The largest absolute Gasteiger partial charge is 0.453 e. The molecule has 0 saturated carbocycles. The van der Waals surface area contributed by atoms with Crippen molar-refractivity contribution >= 4 is 23.1 Å². The van der Waals surface area contributed by atoms with Gasteiger partial charge in [0.05, 0.1) is 0 Å². The van der Waals surface area contributed by atoms with Gasteiger partial charge in [-0.3, -0.25) is 0 Å². The standard InChI is InChI=1S/C14H11ClF3N5/c1-22(8-9-2-4-10(15)5-3-9)12-7-6-11-19-20-13(14(16,17)18)23(11)21-12/h2-7H,8H2,1H3. The van der Waals surface area contributed by atoms with E-state index in [0.29, 0.717) is 21.9 Å². The van der Waals surface area contributed by atoms with Crippen LogP contribution in [0.3, 0.4) is 0 Å². The van der Waals surface area contributed by atoms with Crippen LogP contribution in [0.25, 0.3) is 5.65 Å². The SMILES string of the molecule is CN(Cc1ccc(Cl)cc1)c1ccc2nnc(C(F)(F)F)n2n1. The molecule has 5 nitrogen and oxygen atoms in total. The van der Waals surface area contributed by atoms with Crippen LogP contribution in [0.4, 0.5) is 19.0 Å². The predicted molar refractivity (Wildman–Crippen MR) is 79.3 cm³/mol. The van der Waals surface area contributed by atoms with E-state index in [1.807, 2.05) is 12.1 Å². The van der Waals surface area contributed by atoms with E-state index in [-0.39, 0.29) is 5.65 Å². The lowest BCUT2D eigenvalue weighted by molar-refractivity contribution is -0.146. The third-order valence-electron chi connectivity index (χ3n) is 3.23. The molecule has 2 heterocycles. The molecule has 9 heteroatoms. The summed E-state index contributed by atoms with van der Waals surface area (Å²) in [4.78, 5) is 1.73. The minimum atomic E-state index is -4.61. The molecule has 23 heavy (non-hydrogen) atoms. The van der Waals surface area contributed by atoms with Crippen LogP contribution in [0.1, 0.15) is 11.4 Å². The van der Waals surface area contributed by atoms with E-state index in [1.54, 1.807) is 30.1 Å². The highest BCUT2D eigenvalue weighted by molar-refractivity contribution is 6.30. The number of alkyl halides is 3. The molecule has 0 atom stereocenters. The first-order valence-corrected chi connectivity index (χ1v) is 6.97. The monoisotopic (exact) mass is 341 g/mol. The number of fused-ring (bicyclic) bond motifs is 1. The minimum absolute atomic E-state index is 0.0426. The Morgan fingerprint density at radius 3 is 2.43 bits per heavy atom. The van der Waals surface area contributed by atoms with E-state index < -0.39 is 12.0 Å². The van der Waals surface area contributed by atoms with Crippen LogP contribution in [-0.4, -0.2) is 26.9 Å². The fraction of sp³-hybridized carbons (Fsp3) is 0.214. The Balaban J connectivity index is 1.91. The fourth-order valence-electron chi connectivity index (χ4n) is 2.10. The fourth-order valence-corrected chi connectivity index (χ4v) is 2.23. The molecule has 0 aliphatic carbocycles. The van der Waals surface area contributed by atoms with Crippen molar-refractivity contribution in [2.75, 3.05) is 11.9 Å². The van der Waals surface area contributed by atoms with Crippen molar-refractivity contribution in [2.24, 2.45) is 0 Å². The van der Waals surface area contributed by atoms with Crippen LogP contribution in [0.15, 0.2) is 36.4 Å². The van der Waals surface area contributed by atoms with Crippen molar-refractivity contribution in [3.8, 4) is 0 Å². The van der Waals surface area contributed by atoms with E-state index in [4.69, 9.17) is 11.6 Å². The van der Waals surface area contributed by atoms with Gasteiger partial charge in [-0.1, -0.05) is 23.7 Å². The molecular weight excluding hydrogens is 331 g/mol. The lowest BCUT2D eigenvalue weighted by Crippen LogP contribution is -2.20. The third kappa shape index (κ3) is 3.21. The maximum atomic E-state index is 12.9. The average Bonchev–Trinajstić information content (AvgIpc) is 2.92. The highest BCUT2D eigenvalue weighted by Gasteiger charge is 2.37. The third-order valence-corrected chi connectivity index (χ3v) is 3.48. The van der Waals surface area contributed by atoms with Crippen LogP contribution in [0, 0.1) is 0 Å². The van der Waals surface area contributed by atoms with Gasteiger partial charge in [0.2, 0.25) is 0 Å². The molecule has 1 aromatic carbocycles. The summed E-state index contributed by atoms with van der Waals surface area (Å²) in [5.41, 5.74) is 1.000. The first-order chi connectivity index (χ1) is 10.8. The predicted octanol–water partition coefficient (Wildman–Crippen LogP) is 3.43. The van der Waals surface area contributed by atoms with Crippen LogP contribution < -0.4 is 4.90 Å². The Hall–Kier alpha value is -2.35. The first kappa shape index (κ1) is 15.5. The summed E-state index contributed by atoms with van der Waals surface area (Å²) in [7, 11) is 1.74. The van der Waals surface area contributed by atoms with E-state index in [1.165, 1.54) is 6.07 Å². The molecule has 0 saturated heterocycles. The van der Waals surface area contributed by atoms with Crippen molar-refractivity contribution < 1.29 is 13.2 Å². The molecule has 0 N–H and O–H groups in total. The Bertz CT molecular complexity index is 829. The Kier molecular flexibility index (Phi) is 3.85. The summed E-state index contributed by atoms with van der Waals surface area (Å²) in [5.74, 6) is -0.771. The highest BCUT2D eigenvalue weighted by atomic mass is 35.5. The molecule has 0 fully saturated rings. The van der Waals surface area contributed by atoms with Crippen molar-refractivity contribution in [3.05, 3.63) is 52.8 Å². The molecule has 0 bridgehead atoms. The van der Waals surface area contributed by atoms with Gasteiger partial charge in [-0.25, -0.2) is 0 Å². The molecule has 0 spiro atoms. The maximum absolute atomic E-state index is 12.9. The van der Waals surface area contributed by atoms with Gasteiger partial charge in [0, 0.05) is 18.6 Å². The molecule has 0 aliphatic rings. The minimum Gasteiger partial charge on any atom is -0.354 e. The maximum Gasteiger partial charge on any atom is 0.453 e. The smallest absolute Gasteiger partial charge is 0.354 e. The van der Waals surface area contributed by atoms with Crippen LogP contribution in [-0.2, 0) is 12.7 Å². The second-order valence-corrected chi connectivity index (χ2v) is 5.40. The van der Waals surface area contributed by atoms with E-state index in [9.17, 15) is 13.2 Å². The number of halogens is 4. The summed E-state index contributed by atoms with van der Waals surface area (Å²) < 4.78 is 39.3. The first-order valence-electron chi connectivity index (χ1n) is 6.60. The summed E-state index contributed by atoms with van der Waals surface area (Å²) >= 11 is 5.83. The second kappa shape index (κ2) is 5.69. The van der Waals surface area contributed by atoms with Gasteiger partial charge in [0.1, 0.15) is 5.82 Å². The van der Waals surface area contributed by atoms with Gasteiger partial charge >= 0.3 is 6.18 Å². The molecule has 3 aromatic rings. The Labute approximate surface area is 134 Å². The molecule has 120 valence electrons. The van der Waals surface area contributed by atoms with Crippen LogP contribution in [0.2, 0.25) is 5.02 Å². The summed E-state index contributed by atoms with van der Waals surface area (Å²) in [6.45, 7) is 0.471. The zero-order valence-electron chi connectivity index (χ0n) is 11.9. The van der Waals surface area contributed by atoms with E-state index in [2.05, 4.69) is 15.3 Å². The lowest BCUT2D eigenvalue weighted by Gasteiger charge is -2.18. The van der Waals surface area contributed by atoms with Gasteiger partial charge in [-0.05, 0) is 29.8 Å². The molecule has 0 radical (unpaired) electrons. The topological polar surface area (TPSA) is 46.3 Å². The molecule has 0 amide bonds. The summed E-state index contributed by atoms with van der Waals surface area (Å²) in [5, 5.41) is 11.2. The number of benzene rings is 1. The van der Waals surface area contributed by atoms with Crippen molar-refractivity contribution in [3.63, 3.8) is 0 Å². The second-order valence-electron chi connectivity index (χ2n) is 4.97. The highest BCUT2D eigenvalue weighted by Crippen LogP contribution is 2.28. The zero-order chi connectivity index (χ0) is 16.6. The summed E-state index contributed by atoms with van der Waals surface area (Å²) in [6, 6.07) is 10.2. The molecule has 0 aliphatic heterocycles. The average molecular weight is 342 g/mol. The van der Waals surface area contributed by atoms with Gasteiger partial charge < -0.3 is 4.90 Å². The van der Waals surface area contributed by atoms with Crippen molar-refractivity contribution in [2.45, 2.75) is 12.7 Å². The summed E-state index contributed by atoms with van der Waals surface area (Å²) in [6.07, 6.45) is -4.61. The number of hydrogen-bond donors (Lipinski definition) is 0. The van der Waals surface area contributed by atoms with Gasteiger partial charge in [0.25, 0.3) is 5.82 Å². The van der Waals surface area contributed by atoms with E-state index >= 15 is 0 Å². The Morgan fingerprint density at radius 2 is 1.78 bits per heavy atom. The number of nitrogens with zero attached hydrogens (tertiary/aromatic N) is 5. The van der Waals surface area contributed by atoms with Crippen molar-refractivity contribution in [1.29, 1.82) is 0 Å². The van der Waals surface area contributed by atoms with E-state index in [0.717, 1.165) is 5.56 Å². The van der Waals surface area contributed by atoms with Gasteiger partial charge in [-0.15, -0.1) is 15.3 Å². The number of rotatable bonds is 3. The Morgan fingerprint density at radius 1 is 1.09 bits per heavy atom. The van der Waals surface area contributed by atoms with Crippen LogP contribution >= 0.6 is 11.6 Å². The molecule has 0 unspecified atom stereocenters. The molecule has 3 rings (SSSR count). The zero-order valence-corrected chi connectivity index (χ0v) is 12.7. The molecule has 2 aromatic heterocycles.